The van der Waals surface area contributed by atoms with E-state index < -0.39 is 12.1 Å². The van der Waals surface area contributed by atoms with Crippen molar-refractivity contribution in [1.29, 1.82) is 0 Å². The molecule has 2 nitrogen and oxygen atoms in total. The Hall–Kier alpha value is -2.22. The Kier molecular flexibility index (Phi) is 8.44. The van der Waals surface area contributed by atoms with Crippen molar-refractivity contribution >= 4 is 11.5 Å². The van der Waals surface area contributed by atoms with Gasteiger partial charge in [0.1, 0.15) is 0 Å². The van der Waals surface area contributed by atoms with Crippen molar-refractivity contribution in [3.63, 3.8) is 0 Å². The number of benzene rings is 1. The molecule has 0 spiro atoms. The molecule has 0 heterocycles. The third-order valence-electron chi connectivity index (χ3n) is 4.25. The molecular weight excluding hydrogens is 339 g/mol. The number of aryl methyl sites for hydroxylation is 2. The predicted octanol–water partition coefficient (Wildman–Crippen LogP) is 5.34. The molecule has 0 saturated carbocycles. The zero-order valence-electron chi connectivity index (χ0n) is 15.6. The second kappa shape index (κ2) is 10.1. The second-order valence-electron chi connectivity index (χ2n) is 6.49. The SMILES string of the molecule is C#CCCC/C(C)=C(\CCCNC(=O)C(F)(F)F)c1cc(C)ccc1C. The molecule has 0 fully saturated rings. The minimum absolute atomic E-state index is 0.00958. The molecule has 0 aliphatic rings. The summed E-state index contributed by atoms with van der Waals surface area (Å²) in [4.78, 5) is 10.9. The summed E-state index contributed by atoms with van der Waals surface area (Å²) in [5, 5.41) is 1.93. The molecule has 1 amide bonds. The number of unbranched alkanes of at least 4 members (excludes halogenated alkanes) is 1. The van der Waals surface area contributed by atoms with E-state index in [4.69, 9.17) is 6.42 Å². The van der Waals surface area contributed by atoms with Gasteiger partial charge in [0.2, 0.25) is 0 Å². The summed E-state index contributed by atoms with van der Waals surface area (Å²) >= 11 is 0. The van der Waals surface area contributed by atoms with Gasteiger partial charge in [-0.1, -0.05) is 29.3 Å². The number of allylic oxidation sites excluding steroid dienone is 2. The van der Waals surface area contributed by atoms with E-state index in [2.05, 4.69) is 12.0 Å². The second-order valence-corrected chi connectivity index (χ2v) is 6.49. The number of amides is 1. The summed E-state index contributed by atoms with van der Waals surface area (Å²) in [5.41, 5.74) is 5.69. The molecule has 0 atom stereocenters. The number of hydrogen-bond donors (Lipinski definition) is 1. The molecule has 0 aliphatic carbocycles. The smallest absolute Gasteiger partial charge is 0.348 e. The number of halogens is 3. The minimum atomic E-state index is -4.84. The molecule has 0 unspecified atom stereocenters. The molecule has 142 valence electrons. The maximum absolute atomic E-state index is 12.3. The summed E-state index contributed by atoms with van der Waals surface area (Å²) in [7, 11) is 0. The van der Waals surface area contributed by atoms with Gasteiger partial charge in [0.05, 0.1) is 0 Å². The van der Waals surface area contributed by atoms with E-state index in [-0.39, 0.29) is 6.54 Å². The molecule has 1 aromatic carbocycles. The van der Waals surface area contributed by atoms with Crippen LogP contribution in [0.15, 0.2) is 23.8 Å². The van der Waals surface area contributed by atoms with Crippen LogP contribution in [-0.4, -0.2) is 18.6 Å². The highest BCUT2D eigenvalue weighted by atomic mass is 19.4. The van der Waals surface area contributed by atoms with E-state index in [0.717, 1.165) is 35.1 Å². The van der Waals surface area contributed by atoms with Crippen LogP contribution in [0.5, 0.6) is 0 Å². The van der Waals surface area contributed by atoms with Gasteiger partial charge in [0.15, 0.2) is 0 Å². The molecule has 1 aromatic rings. The fourth-order valence-electron chi connectivity index (χ4n) is 2.81. The number of nitrogens with one attached hydrogen (secondary N) is 1. The Morgan fingerprint density at radius 2 is 1.88 bits per heavy atom. The zero-order chi connectivity index (χ0) is 19.7. The lowest BCUT2D eigenvalue weighted by atomic mass is 9.90. The summed E-state index contributed by atoms with van der Waals surface area (Å²) in [6, 6.07) is 6.18. The number of terminal acetylenes is 1. The molecule has 0 saturated heterocycles. The van der Waals surface area contributed by atoms with E-state index in [0.29, 0.717) is 19.3 Å². The summed E-state index contributed by atoms with van der Waals surface area (Å²) in [6.07, 6.45) is 3.94. The van der Waals surface area contributed by atoms with Crippen LogP contribution < -0.4 is 5.32 Å². The van der Waals surface area contributed by atoms with Crippen molar-refractivity contribution in [2.75, 3.05) is 6.54 Å². The van der Waals surface area contributed by atoms with Crippen LogP contribution in [-0.2, 0) is 4.79 Å². The van der Waals surface area contributed by atoms with Gasteiger partial charge >= 0.3 is 12.1 Å². The Labute approximate surface area is 153 Å². The first-order valence-electron chi connectivity index (χ1n) is 8.71. The van der Waals surface area contributed by atoms with Crippen molar-refractivity contribution in [2.45, 2.75) is 59.1 Å². The van der Waals surface area contributed by atoms with Gasteiger partial charge in [0.25, 0.3) is 0 Å². The fourth-order valence-corrected chi connectivity index (χ4v) is 2.81. The number of carbonyl (C=O) groups excluding carboxylic acids is 1. The Balaban J connectivity index is 2.89. The largest absolute Gasteiger partial charge is 0.471 e. The highest BCUT2D eigenvalue weighted by molar-refractivity contribution is 5.81. The highest BCUT2D eigenvalue weighted by Gasteiger charge is 2.38. The van der Waals surface area contributed by atoms with E-state index >= 15 is 0 Å². The number of carbonyl (C=O) groups is 1. The number of alkyl halides is 3. The van der Waals surface area contributed by atoms with Crippen LogP contribution in [0.4, 0.5) is 13.2 Å². The normalized spacial score (nSPS) is 12.3. The molecule has 1 N–H and O–H groups in total. The quantitative estimate of drug-likeness (QED) is 0.489. The van der Waals surface area contributed by atoms with Crippen molar-refractivity contribution in [2.24, 2.45) is 0 Å². The van der Waals surface area contributed by atoms with Crippen molar-refractivity contribution in [3.05, 3.63) is 40.5 Å². The van der Waals surface area contributed by atoms with Crippen LogP contribution in [0.3, 0.4) is 0 Å². The van der Waals surface area contributed by atoms with Crippen LogP contribution >= 0.6 is 0 Å². The Bertz CT molecular complexity index is 696. The molecule has 0 aromatic heterocycles. The van der Waals surface area contributed by atoms with Crippen molar-refractivity contribution in [1.82, 2.24) is 5.32 Å². The molecule has 0 bridgehead atoms. The van der Waals surface area contributed by atoms with Crippen LogP contribution in [0.1, 0.15) is 55.7 Å². The molecule has 1 rings (SSSR count). The topological polar surface area (TPSA) is 29.1 Å². The van der Waals surface area contributed by atoms with Gasteiger partial charge in [-0.15, -0.1) is 12.3 Å². The van der Waals surface area contributed by atoms with E-state index in [1.165, 1.54) is 5.57 Å². The third-order valence-corrected chi connectivity index (χ3v) is 4.25. The Morgan fingerprint density at radius 3 is 2.50 bits per heavy atom. The van der Waals surface area contributed by atoms with Crippen molar-refractivity contribution < 1.29 is 18.0 Å². The molecule has 26 heavy (non-hydrogen) atoms. The lowest BCUT2D eigenvalue weighted by molar-refractivity contribution is -0.173. The third kappa shape index (κ3) is 6.95. The van der Waals surface area contributed by atoms with Gasteiger partial charge in [0, 0.05) is 13.0 Å². The lowest BCUT2D eigenvalue weighted by Gasteiger charge is -2.17. The van der Waals surface area contributed by atoms with Crippen molar-refractivity contribution in [3.8, 4) is 12.3 Å². The minimum Gasteiger partial charge on any atom is -0.348 e. The number of rotatable bonds is 8. The molecule has 0 aliphatic heterocycles. The van der Waals surface area contributed by atoms with Gasteiger partial charge in [-0.2, -0.15) is 13.2 Å². The van der Waals surface area contributed by atoms with Gasteiger partial charge in [-0.3, -0.25) is 4.79 Å². The lowest BCUT2D eigenvalue weighted by Crippen LogP contribution is -2.37. The average molecular weight is 365 g/mol. The first-order valence-corrected chi connectivity index (χ1v) is 8.71. The fraction of sp³-hybridized carbons (Fsp3) is 0.476. The maximum atomic E-state index is 12.3. The first kappa shape index (κ1) is 21.8. The van der Waals surface area contributed by atoms with Gasteiger partial charge < -0.3 is 5.32 Å². The van der Waals surface area contributed by atoms with E-state index in [1.807, 2.05) is 38.2 Å². The van der Waals surface area contributed by atoms with Crippen LogP contribution in [0, 0.1) is 26.2 Å². The monoisotopic (exact) mass is 365 g/mol. The molecule has 5 heteroatoms. The Morgan fingerprint density at radius 1 is 1.19 bits per heavy atom. The van der Waals surface area contributed by atoms with E-state index in [9.17, 15) is 18.0 Å². The number of hydrogen-bond acceptors (Lipinski definition) is 1. The van der Waals surface area contributed by atoms with Gasteiger partial charge in [-0.05, 0) is 63.2 Å². The molecular formula is C21H26F3NO. The maximum Gasteiger partial charge on any atom is 0.471 e. The van der Waals surface area contributed by atoms with Crippen LogP contribution in [0.2, 0.25) is 0 Å². The summed E-state index contributed by atoms with van der Waals surface area (Å²) < 4.78 is 36.8. The average Bonchev–Trinajstić information content (AvgIpc) is 2.56. The zero-order valence-corrected chi connectivity index (χ0v) is 15.6. The van der Waals surface area contributed by atoms with E-state index in [1.54, 1.807) is 0 Å². The first-order chi connectivity index (χ1) is 12.2. The predicted molar refractivity (Wildman–Crippen MR) is 99.5 cm³/mol. The van der Waals surface area contributed by atoms with Gasteiger partial charge in [-0.25, -0.2) is 0 Å². The molecule has 0 radical (unpaired) electrons. The standard InChI is InChI=1S/C21H26F3NO/c1-5-6-7-9-16(3)18(19-14-15(2)11-12-17(19)4)10-8-13-25-20(26)21(22,23)24/h1,11-12,14H,6-10,13H2,2-4H3,(H,25,26)/b18-16+. The summed E-state index contributed by atoms with van der Waals surface area (Å²) in [6.45, 7) is 6.07. The summed E-state index contributed by atoms with van der Waals surface area (Å²) in [5.74, 6) is 0.736. The van der Waals surface area contributed by atoms with Crippen LogP contribution in [0.25, 0.3) is 5.57 Å². The highest BCUT2D eigenvalue weighted by Crippen LogP contribution is 2.29.